The standard InChI is InChI=1S/C28H30BrN3O5/c29-22-10-6-21(7-11-22)19-37-24-12-8-20(9-13-24)18-30-27(35)25(33)26(34)28(36)32-16-14-31(15-17-32)23-4-2-1-3-5-23/h1-13,25-26,33-34H,14-19H2,(H,30,35)/t25-,26-/m1/s1. The number of nitrogens with zero attached hydrogens (tertiary/aromatic N) is 2. The van der Waals surface area contributed by atoms with E-state index in [1.165, 1.54) is 4.90 Å². The maximum absolute atomic E-state index is 12.7. The van der Waals surface area contributed by atoms with Gasteiger partial charge >= 0.3 is 0 Å². The molecule has 2 amide bonds. The van der Waals surface area contributed by atoms with Gasteiger partial charge < -0.3 is 30.1 Å². The van der Waals surface area contributed by atoms with Crippen molar-refractivity contribution in [1.82, 2.24) is 10.2 Å². The van der Waals surface area contributed by atoms with Crippen LogP contribution >= 0.6 is 15.9 Å². The predicted octanol–water partition coefficient (Wildman–Crippen LogP) is 2.71. The van der Waals surface area contributed by atoms with Crippen LogP contribution in [0.1, 0.15) is 11.1 Å². The van der Waals surface area contributed by atoms with Crippen molar-refractivity contribution in [3.63, 3.8) is 0 Å². The minimum absolute atomic E-state index is 0.138. The number of hydrogen-bond acceptors (Lipinski definition) is 6. The second kappa shape index (κ2) is 12.7. The molecule has 1 aliphatic heterocycles. The third-order valence-corrected chi connectivity index (χ3v) is 6.77. The van der Waals surface area contributed by atoms with E-state index in [-0.39, 0.29) is 6.54 Å². The van der Waals surface area contributed by atoms with Gasteiger partial charge in [-0.3, -0.25) is 9.59 Å². The topological polar surface area (TPSA) is 102 Å². The highest BCUT2D eigenvalue weighted by atomic mass is 79.9. The summed E-state index contributed by atoms with van der Waals surface area (Å²) in [5.41, 5.74) is 2.90. The van der Waals surface area contributed by atoms with Gasteiger partial charge in [-0.05, 0) is 47.5 Å². The molecule has 0 aromatic heterocycles. The van der Waals surface area contributed by atoms with Gasteiger partial charge in [0.15, 0.2) is 12.2 Å². The maximum atomic E-state index is 12.7. The number of carbonyl (C=O) groups is 2. The van der Waals surface area contributed by atoms with Gasteiger partial charge in [-0.2, -0.15) is 0 Å². The zero-order chi connectivity index (χ0) is 26.2. The molecule has 0 bridgehead atoms. The molecule has 0 saturated carbocycles. The molecule has 4 rings (SSSR count). The molecule has 0 radical (unpaired) electrons. The Morgan fingerprint density at radius 2 is 1.46 bits per heavy atom. The monoisotopic (exact) mass is 567 g/mol. The Morgan fingerprint density at radius 1 is 0.838 bits per heavy atom. The molecule has 8 nitrogen and oxygen atoms in total. The number of ether oxygens (including phenoxy) is 1. The first kappa shape index (κ1) is 26.7. The number of rotatable bonds is 9. The molecule has 3 N–H and O–H groups in total. The van der Waals surface area contributed by atoms with Gasteiger partial charge in [-0.1, -0.05) is 58.4 Å². The first-order valence-electron chi connectivity index (χ1n) is 12.1. The van der Waals surface area contributed by atoms with Gasteiger partial charge in [-0.25, -0.2) is 0 Å². The third-order valence-electron chi connectivity index (χ3n) is 6.24. The Morgan fingerprint density at radius 3 is 2.11 bits per heavy atom. The van der Waals surface area contributed by atoms with Crippen molar-refractivity contribution in [2.24, 2.45) is 0 Å². The van der Waals surface area contributed by atoms with Crippen LogP contribution in [0.4, 0.5) is 5.69 Å². The Labute approximate surface area is 224 Å². The zero-order valence-electron chi connectivity index (χ0n) is 20.3. The molecular weight excluding hydrogens is 538 g/mol. The smallest absolute Gasteiger partial charge is 0.254 e. The van der Waals surface area contributed by atoms with Crippen molar-refractivity contribution in [1.29, 1.82) is 0 Å². The van der Waals surface area contributed by atoms with Crippen LogP contribution in [0, 0.1) is 0 Å². The molecule has 3 aromatic rings. The summed E-state index contributed by atoms with van der Waals surface area (Å²) < 4.78 is 6.78. The van der Waals surface area contributed by atoms with E-state index in [2.05, 4.69) is 26.1 Å². The van der Waals surface area contributed by atoms with Gasteiger partial charge in [-0.15, -0.1) is 0 Å². The van der Waals surface area contributed by atoms with Gasteiger partial charge in [0.25, 0.3) is 11.8 Å². The Bertz CT molecular complexity index is 1170. The summed E-state index contributed by atoms with van der Waals surface area (Å²) in [7, 11) is 0. The highest BCUT2D eigenvalue weighted by molar-refractivity contribution is 9.10. The summed E-state index contributed by atoms with van der Waals surface area (Å²) in [5.74, 6) is -0.770. The summed E-state index contributed by atoms with van der Waals surface area (Å²) in [6.07, 6.45) is -3.68. The van der Waals surface area contributed by atoms with Gasteiger partial charge in [0.1, 0.15) is 12.4 Å². The number of aliphatic hydroxyl groups excluding tert-OH is 2. The van der Waals surface area contributed by atoms with E-state index in [0.717, 1.165) is 21.3 Å². The number of nitrogens with one attached hydrogen (secondary N) is 1. The predicted molar refractivity (Wildman–Crippen MR) is 144 cm³/mol. The van der Waals surface area contributed by atoms with Gasteiger partial charge in [0.05, 0.1) is 0 Å². The van der Waals surface area contributed by atoms with Crippen LogP contribution in [0.25, 0.3) is 0 Å². The molecule has 1 fully saturated rings. The quantitative estimate of drug-likeness (QED) is 0.367. The lowest BCUT2D eigenvalue weighted by Gasteiger charge is -2.37. The van der Waals surface area contributed by atoms with Crippen molar-refractivity contribution in [2.75, 3.05) is 31.1 Å². The summed E-state index contributed by atoms with van der Waals surface area (Å²) >= 11 is 3.40. The van der Waals surface area contributed by atoms with Crippen LogP contribution in [0.2, 0.25) is 0 Å². The van der Waals surface area contributed by atoms with E-state index < -0.39 is 24.0 Å². The van der Waals surface area contributed by atoms with Crippen LogP contribution in [0.3, 0.4) is 0 Å². The molecular formula is C28H30BrN3O5. The summed E-state index contributed by atoms with van der Waals surface area (Å²) in [6.45, 7) is 2.58. The van der Waals surface area contributed by atoms with Crippen molar-refractivity contribution in [2.45, 2.75) is 25.4 Å². The van der Waals surface area contributed by atoms with Crippen molar-refractivity contribution in [3.05, 3.63) is 94.5 Å². The number of amides is 2. The fraction of sp³-hybridized carbons (Fsp3) is 0.286. The SMILES string of the molecule is O=C(NCc1ccc(OCc2ccc(Br)cc2)cc1)[C@H](O)[C@@H](O)C(=O)N1CCN(c2ccccc2)CC1. The Balaban J connectivity index is 1.20. The number of halogens is 1. The number of aliphatic hydroxyl groups is 2. The van der Waals surface area contributed by atoms with Crippen molar-refractivity contribution >= 4 is 33.4 Å². The van der Waals surface area contributed by atoms with Crippen LogP contribution in [-0.2, 0) is 22.7 Å². The Hall–Kier alpha value is -3.40. The molecule has 0 aliphatic carbocycles. The fourth-order valence-corrected chi connectivity index (χ4v) is 4.30. The van der Waals surface area contributed by atoms with E-state index in [9.17, 15) is 19.8 Å². The molecule has 2 atom stereocenters. The molecule has 0 unspecified atom stereocenters. The number of anilines is 1. The lowest BCUT2D eigenvalue weighted by molar-refractivity contribution is -0.153. The Kier molecular flexibility index (Phi) is 9.16. The average molecular weight is 568 g/mol. The zero-order valence-corrected chi connectivity index (χ0v) is 21.9. The molecule has 194 valence electrons. The third kappa shape index (κ3) is 7.31. The molecule has 1 aliphatic rings. The summed E-state index contributed by atoms with van der Waals surface area (Å²) in [4.78, 5) is 28.7. The second-order valence-corrected chi connectivity index (χ2v) is 9.73. The normalized spacial score (nSPS) is 15.1. The first-order valence-corrected chi connectivity index (χ1v) is 12.9. The molecule has 1 heterocycles. The number of benzene rings is 3. The molecule has 0 spiro atoms. The minimum atomic E-state index is -1.85. The van der Waals surface area contributed by atoms with E-state index in [4.69, 9.17) is 4.74 Å². The average Bonchev–Trinajstić information content (AvgIpc) is 2.95. The summed E-state index contributed by atoms with van der Waals surface area (Å²) in [6, 6.07) is 24.9. The van der Waals surface area contributed by atoms with Crippen molar-refractivity contribution in [3.8, 4) is 5.75 Å². The largest absolute Gasteiger partial charge is 0.489 e. The van der Waals surface area contributed by atoms with Crippen LogP contribution in [0.15, 0.2) is 83.3 Å². The minimum Gasteiger partial charge on any atom is -0.489 e. The van der Waals surface area contributed by atoms with E-state index in [1.54, 1.807) is 24.3 Å². The summed E-state index contributed by atoms with van der Waals surface area (Å²) in [5, 5.41) is 23.2. The van der Waals surface area contributed by atoms with Crippen LogP contribution < -0.4 is 15.0 Å². The number of piperazine rings is 1. The molecule has 1 saturated heterocycles. The van der Waals surface area contributed by atoms with Crippen LogP contribution in [-0.4, -0.2) is 65.3 Å². The van der Waals surface area contributed by atoms with E-state index in [0.29, 0.717) is 38.5 Å². The fourth-order valence-electron chi connectivity index (χ4n) is 4.03. The highest BCUT2D eigenvalue weighted by Gasteiger charge is 2.34. The molecule has 37 heavy (non-hydrogen) atoms. The highest BCUT2D eigenvalue weighted by Crippen LogP contribution is 2.18. The van der Waals surface area contributed by atoms with Gasteiger partial charge in [0, 0.05) is 42.9 Å². The van der Waals surface area contributed by atoms with E-state index in [1.807, 2.05) is 54.6 Å². The lowest BCUT2D eigenvalue weighted by Crippen LogP contribution is -2.55. The maximum Gasteiger partial charge on any atom is 0.254 e. The van der Waals surface area contributed by atoms with Crippen molar-refractivity contribution < 1.29 is 24.5 Å². The second-order valence-electron chi connectivity index (χ2n) is 8.81. The number of hydrogen-bond donors (Lipinski definition) is 3. The van der Waals surface area contributed by atoms with E-state index >= 15 is 0 Å². The molecule has 9 heteroatoms. The first-order chi connectivity index (χ1) is 17.9. The number of carbonyl (C=O) groups excluding carboxylic acids is 2. The van der Waals surface area contributed by atoms with Gasteiger partial charge in [0.2, 0.25) is 0 Å². The number of para-hydroxylation sites is 1. The van der Waals surface area contributed by atoms with Crippen LogP contribution in [0.5, 0.6) is 5.75 Å². The lowest BCUT2D eigenvalue weighted by atomic mass is 10.1. The molecule has 3 aromatic carbocycles.